The zero-order chi connectivity index (χ0) is 17.3. The van der Waals surface area contributed by atoms with Crippen LogP contribution in [-0.4, -0.2) is 9.97 Å². The number of nitrogens with zero attached hydrogens (tertiary/aromatic N) is 3. The lowest BCUT2D eigenvalue weighted by Crippen LogP contribution is -2.04. The lowest BCUT2D eigenvalue weighted by molar-refractivity contribution is 0.619. The molecule has 0 amide bonds. The van der Waals surface area contributed by atoms with Crippen molar-refractivity contribution in [2.24, 2.45) is 0 Å². The highest BCUT2D eigenvalue weighted by Crippen LogP contribution is 2.28. The molecule has 0 bridgehead atoms. The summed E-state index contributed by atoms with van der Waals surface area (Å²) < 4.78 is 13.7. The Bertz CT molecular complexity index is 958. The van der Waals surface area contributed by atoms with Gasteiger partial charge in [0.2, 0.25) is 5.95 Å². The Balaban J connectivity index is 2.04. The van der Waals surface area contributed by atoms with Gasteiger partial charge in [0, 0.05) is 5.56 Å². The lowest BCUT2D eigenvalue weighted by atomic mass is 10.00. The average molecular weight is 319 g/mol. The second-order valence-electron chi connectivity index (χ2n) is 5.34. The maximum Gasteiger partial charge on any atom is 0.222 e. The van der Waals surface area contributed by atoms with Crippen LogP contribution in [-0.2, 0) is 0 Å². The second kappa shape index (κ2) is 5.97. The van der Waals surface area contributed by atoms with Gasteiger partial charge < -0.3 is 11.5 Å². The first-order valence-electron chi connectivity index (χ1n) is 7.19. The number of halogens is 1. The van der Waals surface area contributed by atoms with Crippen molar-refractivity contribution in [2.75, 3.05) is 11.5 Å². The van der Waals surface area contributed by atoms with E-state index >= 15 is 0 Å². The Morgan fingerprint density at radius 1 is 0.958 bits per heavy atom. The monoisotopic (exact) mass is 319 g/mol. The third-order valence-electron chi connectivity index (χ3n) is 3.73. The van der Waals surface area contributed by atoms with E-state index in [1.54, 1.807) is 25.1 Å². The number of benzene rings is 2. The average Bonchev–Trinajstić information content (AvgIpc) is 2.57. The van der Waals surface area contributed by atoms with Crippen LogP contribution in [0.2, 0.25) is 0 Å². The zero-order valence-corrected chi connectivity index (χ0v) is 12.9. The number of nitrogen functional groups attached to an aromatic ring is 2. The van der Waals surface area contributed by atoms with Crippen molar-refractivity contribution in [1.82, 2.24) is 9.97 Å². The van der Waals surface area contributed by atoms with Gasteiger partial charge in [-0.3, -0.25) is 0 Å². The molecule has 0 unspecified atom stereocenters. The van der Waals surface area contributed by atoms with Gasteiger partial charge >= 0.3 is 0 Å². The van der Waals surface area contributed by atoms with Crippen LogP contribution in [0.3, 0.4) is 0 Å². The fourth-order valence-electron chi connectivity index (χ4n) is 2.41. The molecule has 3 rings (SSSR count). The molecule has 0 aliphatic carbocycles. The van der Waals surface area contributed by atoms with Crippen LogP contribution in [0.4, 0.5) is 16.2 Å². The predicted octanol–water partition coefficient (Wildman–Crippen LogP) is 3.29. The van der Waals surface area contributed by atoms with E-state index < -0.39 is 0 Å². The summed E-state index contributed by atoms with van der Waals surface area (Å²) >= 11 is 0. The van der Waals surface area contributed by atoms with Gasteiger partial charge in [-0.1, -0.05) is 36.4 Å². The van der Waals surface area contributed by atoms with Gasteiger partial charge in [0.1, 0.15) is 23.3 Å². The van der Waals surface area contributed by atoms with Crippen LogP contribution in [0.1, 0.15) is 11.1 Å². The summed E-state index contributed by atoms with van der Waals surface area (Å²) in [5, 5.41) is 9.25. The zero-order valence-electron chi connectivity index (χ0n) is 12.9. The number of hydrogen-bond donors (Lipinski definition) is 2. The number of anilines is 2. The quantitative estimate of drug-likeness (QED) is 0.754. The standard InChI is InChI=1S/C18H14FN5/c1-10-2-3-13(8-15(10)19)11-4-6-12(7-5-11)16-14(9-20)17(21)24-18(22)23-16/h2-8H,1H3,(H4,21,22,23,24). The van der Waals surface area contributed by atoms with Gasteiger partial charge in [-0.15, -0.1) is 0 Å². The van der Waals surface area contributed by atoms with E-state index in [9.17, 15) is 9.65 Å². The topological polar surface area (TPSA) is 102 Å². The van der Waals surface area contributed by atoms with E-state index in [2.05, 4.69) is 9.97 Å². The number of nitrogens with two attached hydrogens (primary N) is 2. The summed E-state index contributed by atoms with van der Waals surface area (Å²) in [5.74, 6) is -0.199. The van der Waals surface area contributed by atoms with E-state index in [0.717, 1.165) is 11.1 Å². The molecule has 1 heterocycles. The maximum atomic E-state index is 13.7. The Kier molecular flexibility index (Phi) is 3.84. The van der Waals surface area contributed by atoms with Crippen molar-refractivity contribution in [3.05, 3.63) is 59.4 Å². The third-order valence-corrected chi connectivity index (χ3v) is 3.73. The Labute approximate surface area is 138 Å². The molecule has 0 fully saturated rings. The molecule has 118 valence electrons. The van der Waals surface area contributed by atoms with Crippen molar-refractivity contribution in [3.63, 3.8) is 0 Å². The molecule has 0 spiro atoms. The van der Waals surface area contributed by atoms with Crippen LogP contribution >= 0.6 is 0 Å². The second-order valence-corrected chi connectivity index (χ2v) is 5.34. The first-order valence-corrected chi connectivity index (χ1v) is 7.19. The summed E-state index contributed by atoms with van der Waals surface area (Å²) in [6.07, 6.45) is 0. The molecule has 4 N–H and O–H groups in total. The van der Waals surface area contributed by atoms with Crippen LogP contribution in [0, 0.1) is 24.1 Å². The van der Waals surface area contributed by atoms with Crippen molar-refractivity contribution in [1.29, 1.82) is 5.26 Å². The first kappa shape index (κ1) is 15.4. The molecule has 0 atom stereocenters. The largest absolute Gasteiger partial charge is 0.382 e. The molecule has 6 heteroatoms. The maximum absolute atomic E-state index is 13.7. The molecule has 2 aromatic carbocycles. The molecule has 3 aromatic rings. The van der Waals surface area contributed by atoms with Crippen LogP contribution < -0.4 is 11.5 Å². The third kappa shape index (κ3) is 2.75. The lowest BCUT2D eigenvalue weighted by Gasteiger charge is -2.08. The molecular formula is C18H14FN5. The van der Waals surface area contributed by atoms with E-state index in [4.69, 9.17) is 11.5 Å². The number of rotatable bonds is 2. The molecule has 0 aliphatic rings. The Morgan fingerprint density at radius 2 is 1.58 bits per heavy atom. The predicted molar refractivity (Wildman–Crippen MR) is 91.1 cm³/mol. The summed E-state index contributed by atoms with van der Waals surface area (Å²) in [6, 6.07) is 14.3. The van der Waals surface area contributed by atoms with Gasteiger partial charge in [-0.05, 0) is 29.7 Å². The molecule has 5 nitrogen and oxygen atoms in total. The van der Waals surface area contributed by atoms with Crippen molar-refractivity contribution < 1.29 is 4.39 Å². The highest BCUT2D eigenvalue weighted by Gasteiger charge is 2.13. The summed E-state index contributed by atoms with van der Waals surface area (Å²) in [7, 11) is 0. The summed E-state index contributed by atoms with van der Waals surface area (Å²) in [4.78, 5) is 7.90. The van der Waals surface area contributed by atoms with Gasteiger partial charge in [0.25, 0.3) is 0 Å². The van der Waals surface area contributed by atoms with Gasteiger partial charge in [-0.2, -0.15) is 10.2 Å². The summed E-state index contributed by atoms with van der Waals surface area (Å²) in [6.45, 7) is 1.72. The van der Waals surface area contributed by atoms with Gasteiger partial charge in [0.05, 0.1) is 5.69 Å². The van der Waals surface area contributed by atoms with Crippen LogP contribution in [0.15, 0.2) is 42.5 Å². The SMILES string of the molecule is Cc1ccc(-c2ccc(-c3nc(N)nc(N)c3C#N)cc2)cc1F. The minimum absolute atomic E-state index is 0.00572. The normalized spacial score (nSPS) is 10.4. The van der Waals surface area contributed by atoms with E-state index in [1.165, 1.54) is 6.07 Å². The molecule has 0 radical (unpaired) electrons. The van der Waals surface area contributed by atoms with Gasteiger partial charge in [-0.25, -0.2) is 9.37 Å². The molecule has 1 aromatic heterocycles. The van der Waals surface area contributed by atoms with Gasteiger partial charge in [0.15, 0.2) is 0 Å². The van der Waals surface area contributed by atoms with Crippen molar-refractivity contribution >= 4 is 11.8 Å². The fourth-order valence-corrected chi connectivity index (χ4v) is 2.41. The highest BCUT2D eigenvalue weighted by molar-refractivity contribution is 5.75. The van der Waals surface area contributed by atoms with Crippen LogP contribution in [0.25, 0.3) is 22.4 Å². The summed E-state index contributed by atoms with van der Waals surface area (Å²) in [5.41, 5.74) is 14.8. The Hall–Kier alpha value is -3.46. The number of aromatic nitrogens is 2. The molecule has 24 heavy (non-hydrogen) atoms. The number of hydrogen-bond acceptors (Lipinski definition) is 5. The minimum Gasteiger partial charge on any atom is -0.382 e. The molecular weight excluding hydrogens is 305 g/mol. The molecule has 0 saturated carbocycles. The molecule has 0 aliphatic heterocycles. The smallest absolute Gasteiger partial charge is 0.222 e. The highest BCUT2D eigenvalue weighted by atomic mass is 19.1. The van der Waals surface area contributed by atoms with E-state index in [1.807, 2.05) is 24.3 Å². The number of aryl methyl sites for hydroxylation is 1. The Morgan fingerprint density at radius 3 is 2.21 bits per heavy atom. The number of nitriles is 1. The van der Waals surface area contributed by atoms with Crippen molar-refractivity contribution in [2.45, 2.75) is 6.92 Å². The molecule has 0 saturated heterocycles. The van der Waals surface area contributed by atoms with Crippen molar-refractivity contribution in [3.8, 4) is 28.5 Å². The van der Waals surface area contributed by atoms with E-state index in [0.29, 0.717) is 16.8 Å². The minimum atomic E-state index is -0.250. The first-order chi connectivity index (χ1) is 11.5. The van der Waals surface area contributed by atoms with Crippen LogP contribution in [0.5, 0.6) is 0 Å². The fraction of sp³-hybridized carbons (Fsp3) is 0.0556. The van der Waals surface area contributed by atoms with E-state index in [-0.39, 0.29) is 23.1 Å².